The summed E-state index contributed by atoms with van der Waals surface area (Å²) >= 11 is 5.80. The van der Waals surface area contributed by atoms with Crippen molar-refractivity contribution in [2.75, 3.05) is 10.6 Å². The minimum absolute atomic E-state index is 0.146. The van der Waals surface area contributed by atoms with Crippen molar-refractivity contribution >= 4 is 34.7 Å². The summed E-state index contributed by atoms with van der Waals surface area (Å²) in [6.07, 6.45) is 1.37. The number of carbonyl (C=O) groups excluding carboxylic acids is 1. The maximum atomic E-state index is 13.7. The lowest BCUT2D eigenvalue weighted by Crippen LogP contribution is -2.12. The van der Waals surface area contributed by atoms with Crippen LogP contribution in [-0.4, -0.2) is 10.9 Å². The van der Waals surface area contributed by atoms with E-state index < -0.39 is 11.6 Å². The lowest BCUT2D eigenvalue weighted by molar-refractivity contribution is 0.102. The van der Waals surface area contributed by atoms with Crippen LogP contribution in [0.4, 0.5) is 26.0 Å². The Balaban J connectivity index is 1.79. The van der Waals surface area contributed by atoms with E-state index in [2.05, 4.69) is 15.6 Å². The van der Waals surface area contributed by atoms with E-state index in [1.807, 2.05) is 0 Å². The first-order valence-electron chi connectivity index (χ1n) is 7.27. The zero-order chi connectivity index (χ0) is 17.8. The van der Waals surface area contributed by atoms with Gasteiger partial charge in [0.2, 0.25) is 0 Å². The van der Waals surface area contributed by atoms with Gasteiger partial charge in [-0.3, -0.25) is 4.79 Å². The number of anilines is 3. The molecular weight excluding hydrogens is 348 g/mol. The molecule has 3 rings (SSSR count). The Labute approximate surface area is 147 Å². The van der Waals surface area contributed by atoms with Gasteiger partial charge in [-0.05, 0) is 48.5 Å². The molecule has 0 aliphatic rings. The maximum absolute atomic E-state index is 13.7. The van der Waals surface area contributed by atoms with E-state index in [1.54, 1.807) is 24.3 Å². The Morgan fingerprint density at radius 3 is 2.36 bits per heavy atom. The summed E-state index contributed by atoms with van der Waals surface area (Å²) in [6.45, 7) is 0. The number of carbonyl (C=O) groups is 1. The van der Waals surface area contributed by atoms with E-state index in [9.17, 15) is 13.6 Å². The number of amides is 1. The normalized spacial score (nSPS) is 10.4. The second-order valence-electron chi connectivity index (χ2n) is 5.11. The van der Waals surface area contributed by atoms with Crippen LogP contribution in [0.25, 0.3) is 0 Å². The Hall–Kier alpha value is -2.99. The molecule has 7 heteroatoms. The first kappa shape index (κ1) is 16.9. The second kappa shape index (κ2) is 7.27. The van der Waals surface area contributed by atoms with Crippen LogP contribution in [0.3, 0.4) is 0 Å². The zero-order valence-corrected chi connectivity index (χ0v) is 13.5. The average Bonchev–Trinajstić information content (AvgIpc) is 2.60. The van der Waals surface area contributed by atoms with Gasteiger partial charge in [-0.2, -0.15) is 0 Å². The van der Waals surface area contributed by atoms with Crippen LogP contribution in [0.2, 0.25) is 5.02 Å². The van der Waals surface area contributed by atoms with Gasteiger partial charge in [0.15, 0.2) is 0 Å². The summed E-state index contributed by atoms with van der Waals surface area (Å²) in [7, 11) is 0. The Kier molecular flexibility index (Phi) is 4.90. The summed E-state index contributed by atoms with van der Waals surface area (Å²) in [5, 5.41) is 5.80. The summed E-state index contributed by atoms with van der Waals surface area (Å²) in [5.74, 6) is -1.75. The van der Waals surface area contributed by atoms with Gasteiger partial charge >= 0.3 is 0 Å². The molecule has 0 bridgehead atoms. The first-order valence-corrected chi connectivity index (χ1v) is 7.65. The molecule has 2 aromatic carbocycles. The van der Waals surface area contributed by atoms with Gasteiger partial charge in [-0.15, -0.1) is 0 Å². The zero-order valence-electron chi connectivity index (χ0n) is 12.8. The largest absolute Gasteiger partial charge is 0.335 e. The Morgan fingerprint density at radius 1 is 1.00 bits per heavy atom. The number of pyridine rings is 1. The fourth-order valence-corrected chi connectivity index (χ4v) is 2.25. The molecule has 1 aromatic heterocycles. The van der Waals surface area contributed by atoms with E-state index >= 15 is 0 Å². The molecule has 0 aliphatic carbocycles. The third-order valence-electron chi connectivity index (χ3n) is 3.34. The fourth-order valence-electron chi connectivity index (χ4n) is 2.12. The van der Waals surface area contributed by atoms with Crippen molar-refractivity contribution in [3.05, 3.63) is 83.0 Å². The molecule has 0 aliphatic heterocycles. The highest BCUT2D eigenvalue weighted by Gasteiger charge is 2.11. The number of aromatic nitrogens is 1. The number of benzene rings is 2. The molecule has 126 valence electrons. The van der Waals surface area contributed by atoms with Crippen molar-refractivity contribution in [1.82, 2.24) is 4.98 Å². The predicted molar refractivity (Wildman–Crippen MR) is 93.3 cm³/mol. The molecule has 25 heavy (non-hydrogen) atoms. The summed E-state index contributed by atoms with van der Waals surface area (Å²) in [5.41, 5.74) is 0.523. The third-order valence-corrected chi connectivity index (χ3v) is 3.59. The molecule has 1 amide bonds. The van der Waals surface area contributed by atoms with Crippen LogP contribution >= 0.6 is 11.6 Å². The fraction of sp³-hybridized carbons (Fsp3) is 0. The minimum Gasteiger partial charge on any atom is -0.335 e. The van der Waals surface area contributed by atoms with Crippen LogP contribution in [0.1, 0.15) is 10.4 Å². The van der Waals surface area contributed by atoms with Crippen molar-refractivity contribution < 1.29 is 13.6 Å². The maximum Gasteiger partial charge on any atom is 0.255 e. The van der Waals surface area contributed by atoms with E-state index in [4.69, 9.17) is 11.6 Å². The summed E-state index contributed by atoms with van der Waals surface area (Å²) in [4.78, 5) is 16.3. The lowest BCUT2D eigenvalue weighted by atomic mass is 10.2. The van der Waals surface area contributed by atoms with Gasteiger partial charge in [0.25, 0.3) is 5.91 Å². The number of halogens is 3. The monoisotopic (exact) mass is 359 g/mol. The van der Waals surface area contributed by atoms with E-state index in [-0.39, 0.29) is 23.0 Å². The summed E-state index contributed by atoms with van der Waals surface area (Å²) < 4.78 is 27.4. The van der Waals surface area contributed by atoms with E-state index in [0.29, 0.717) is 10.7 Å². The molecule has 0 fully saturated rings. The van der Waals surface area contributed by atoms with Crippen molar-refractivity contribution in [3.8, 4) is 0 Å². The second-order valence-corrected chi connectivity index (χ2v) is 5.55. The van der Waals surface area contributed by atoms with E-state index in [1.165, 1.54) is 24.4 Å². The van der Waals surface area contributed by atoms with Crippen LogP contribution in [-0.2, 0) is 0 Å². The van der Waals surface area contributed by atoms with Gasteiger partial charge in [-0.25, -0.2) is 13.8 Å². The van der Waals surface area contributed by atoms with Gasteiger partial charge < -0.3 is 10.6 Å². The van der Waals surface area contributed by atoms with Crippen LogP contribution in [0, 0.1) is 11.6 Å². The minimum atomic E-state index is -0.752. The number of rotatable bonds is 4. The van der Waals surface area contributed by atoms with Gasteiger partial charge in [0.1, 0.15) is 23.1 Å². The van der Waals surface area contributed by atoms with Gasteiger partial charge in [0, 0.05) is 22.5 Å². The summed E-state index contributed by atoms with van der Waals surface area (Å²) in [6, 6.07) is 13.0. The number of hydrogen-bond acceptors (Lipinski definition) is 3. The van der Waals surface area contributed by atoms with Gasteiger partial charge in [0.05, 0.1) is 0 Å². The average molecular weight is 360 g/mol. The van der Waals surface area contributed by atoms with Crippen LogP contribution in [0.15, 0.2) is 60.8 Å². The Bertz CT molecular complexity index is 896. The molecule has 0 unspecified atom stereocenters. The SMILES string of the molecule is O=C(Nc1ccc(Cl)cc1)c1ccnc(Nc2c(F)cccc2F)c1. The topological polar surface area (TPSA) is 54.0 Å². The molecule has 0 atom stereocenters. The predicted octanol–water partition coefficient (Wildman–Crippen LogP) is 5.01. The quantitative estimate of drug-likeness (QED) is 0.688. The first-order chi connectivity index (χ1) is 12.0. The van der Waals surface area contributed by atoms with E-state index in [0.717, 1.165) is 12.1 Å². The number of hydrogen-bond donors (Lipinski definition) is 2. The number of para-hydroxylation sites is 1. The highest BCUT2D eigenvalue weighted by molar-refractivity contribution is 6.30. The highest BCUT2D eigenvalue weighted by Crippen LogP contribution is 2.22. The number of nitrogens with one attached hydrogen (secondary N) is 2. The lowest BCUT2D eigenvalue weighted by Gasteiger charge is -2.10. The van der Waals surface area contributed by atoms with Crippen LogP contribution in [0.5, 0.6) is 0 Å². The van der Waals surface area contributed by atoms with Crippen LogP contribution < -0.4 is 10.6 Å². The van der Waals surface area contributed by atoms with Crippen molar-refractivity contribution in [3.63, 3.8) is 0 Å². The molecular formula is C18H12ClF2N3O. The Morgan fingerprint density at radius 2 is 1.68 bits per heavy atom. The molecule has 0 saturated carbocycles. The standard InChI is InChI=1S/C18H12ClF2N3O/c19-12-4-6-13(7-5-12)23-18(25)11-8-9-22-16(10-11)24-17-14(20)2-1-3-15(17)21/h1-10H,(H,22,24)(H,23,25). The highest BCUT2D eigenvalue weighted by atomic mass is 35.5. The van der Waals surface area contributed by atoms with Crippen molar-refractivity contribution in [1.29, 1.82) is 0 Å². The van der Waals surface area contributed by atoms with Gasteiger partial charge in [-0.1, -0.05) is 17.7 Å². The smallest absolute Gasteiger partial charge is 0.255 e. The molecule has 2 N–H and O–H groups in total. The number of nitrogens with zero attached hydrogens (tertiary/aromatic N) is 1. The van der Waals surface area contributed by atoms with Crippen molar-refractivity contribution in [2.24, 2.45) is 0 Å². The molecule has 4 nitrogen and oxygen atoms in total. The molecule has 0 spiro atoms. The van der Waals surface area contributed by atoms with Crippen molar-refractivity contribution in [2.45, 2.75) is 0 Å². The molecule has 0 radical (unpaired) electrons. The third kappa shape index (κ3) is 4.10. The molecule has 3 aromatic rings. The molecule has 1 heterocycles. The molecule has 0 saturated heterocycles.